The molecule has 6 heteroatoms. The van der Waals surface area contributed by atoms with Crippen molar-refractivity contribution in [2.75, 3.05) is 6.61 Å². The predicted octanol–water partition coefficient (Wildman–Crippen LogP) is 2.70. The highest BCUT2D eigenvalue weighted by molar-refractivity contribution is 5.79. The second kappa shape index (κ2) is 7.78. The van der Waals surface area contributed by atoms with E-state index in [2.05, 4.69) is 15.4 Å². The van der Waals surface area contributed by atoms with Gasteiger partial charge >= 0.3 is 0 Å². The zero-order valence-electron chi connectivity index (χ0n) is 15.2. The van der Waals surface area contributed by atoms with Crippen molar-refractivity contribution in [2.45, 2.75) is 52.8 Å². The van der Waals surface area contributed by atoms with Crippen LogP contribution < -0.4 is 5.32 Å². The van der Waals surface area contributed by atoms with Gasteiger partial charge in [-0.2, -0.15) is 5.10 Å². The number of aryl methyl sites for hydroxylation is 3. The number of carbonyl (C=O) groups excluding carboxylic acids is 1. The molecule has 0 aliphatic carbocycles. The summed E-state index contributed by atoms with van der Waals surface area (Å²) in [5, 5.41) is 7.38. The summed E-state index contributed by atoms with van der Waals surface area (Å²) in [4.78, 5) is 17.1. The van der Waals surface area contributed by atoms with Gasteiger partial charge in [0.1, 0.15) is 0 Å². The van der Waals surface area contributed by atoms with Crippen molar-refractivity contribution in [3.05, 3.63) is 47.0 Å². The maximum absolute atomic E-state index is 12.8. The maximum Gasteiger partial charge on any atom is 0.226 e. The van der Waals surface area contributed by atoms with Gasteiger partial charge in [0.05, 0.1) is 18.2 Å². The molecule has 1 amide bonds. The minimum atomic E-state index is -0.216. The van der Waals surface area contributed by atoms with Crippen molar-refractivity contribution < 1.29 is 9.53 Å². The molecule has 2 atom stereocenters. The fourth-order valence-corrected chi connectivity index (χ4v) is 3.30. The average molecular weight is 342 g/mol. The number of carbonyl (C=O) groups is 1. The highest BCUT2D eigenvalue weighted by Crippen LogP contribution is 2.33. The summed E-state index contributed by atoms with van der Waals surface area (Å²) in [6.45, 7) is 8.05. The first kappa shape index (κ1) is 17.6. The molecule has 1 aliphatic rings. The van der Waals surface area contributed by atoms with Crippen LogP contribution in [0.2, 0.25) is 0 Å². The second-order valence-electron chi connectivity index (χ2n) is 6.64. The Morgan fingerprint density at radius 1 is 1.40 bits per heavy atom. The van der Waals surface area contributed by atoms with Gasteiger partial charge in [0, 0.05) is 43.3 Å². The Morgan fingerprint density at radius 3 is 2.96 bits per heavy atom. The van der Waals surface area contributed by atoms with Crippen molar-refractivity contribution in [1.29, 1.82) is 0 Å². The number of pyridine rings is 1. The molecule has 1 saturated heterocycles. The fourth-order valence-electron chi connectivity index (χ4n) is 3.30. The van der Waals surface area contributed by atoms with E-state index in [1.165, 1.54) is 0 Å². The molecule has 2 aromatic heterocycles. The summed E-state index contributed by atoms with van der Waals surface area (Å²) in [5.41, 5.74) is 4.16. The molecule has 1 fully saturated rings. The number of nitrogens with one attached hydrogen (secondary N) is 1. The molecular weight excluding hydrogens is 316 g/mol. The van der Waals surface area contributed by atoms with E-state index in [-0.39, 0.29) is 17.9 Å². The molecule has 0 radical (unpaired) electrons. The predicted molar refractivity (Wildman–Crippen MR) is 94.9 cm³/mol. The first-order valence-corrected chi connectivity index (χ1v) is 8.92. The van der Waals surface area contributed by atoms with E-state index in [0.29, 0.717) is 13.2 Å². The number of rotatable bonds is 5. The molecule has 0 saturated carbocycles. The molecule has 6 nitrogen and oxygen atoms in total. The summed E-state index contributed by atoms with van der Waals surface area (Å²) in [7, 11) is 0. The molecule has 0 bridgehead atoms. The van der Waals surface area contributed by atoms with Crippen LogP contribution in [0.15, 0.2) is 24.7 Å². The summed E-state index contributed by atoms with van der Waals surface area (Å²) >= 11 is 0. The lowest BCUT2D eigenvalue weighted by Crippen LogP contribution is -2.37. The lowest BCUT2D eigenvalue weighted by molar-refractivity contribution is -0.134. The molecule has 0 spiro atoms. The zero-order valence-corrected chi connectivity index (χ0v) is 15.2. The van der Waals surface area contributed by atoms with Crippen LogP contribution in [0.4, 0.5) is 0 Å². The summed E-state index contributed by atoms with van der Waals surface area (Å²) in [6.07, 6.45) is 7.15. The number of nitrogens with zero attached hydrogens (tertiary/aromatic N) is 3. The first-order valence-electron chi connectivity index (χ1n) is 8.92. The minimum absolute atomic E-state index is 0.0360. The van der Waals surface area contributed by atoms with Crippen LogP contribution in [0.3, 0.4) is 0 Å². The van der Waals surface area contributed by atoms with Gasteiger partial charge in [0.2, 0.25) is 5.91 Å². The van der Waals surface area contributed by atoms with Gasteiger partial charge in [-0.3, -0.25) is 14.5 Å². The monoisotopic (exact) mass is 342 g/mol. The smallest absolute Gasteiger partial charge is 0.226 e. The number of aromatic nitrogens is 3. The third-order valence-corrected chi connectivity index (χ3v) is 4.77. The molecule has 1 aliphatic heterocycles. The largest absolute Gasteiger partial charge is 0.373 e. The number of ether oxygens (including phenoxy) is 1. The highest BCUT2D eigenvalue weighted by Gasteiger charge is 2.33. The Kier molecular flexibility index (Phi) is 5.48. The second-order valence-corrected chi connectivity index (χ2v) is 6.64. The Labute approximate surface area is 148 Å². The Balaban J connectivity index is 1.68. The van der Waals surface area contributed by atoms with Crippen LogP contribution in [-0.4, -0.2) is 27.3 Å². The van der Waals surface area contributed by atoms with E-state index in [1.807, 2.05) is 50.1 Å². The van der Waals surface area contributed by atoms with Crippen LogP contribution in [0, 0.1) is 19.8 Å². The molecule has 134 valence electrons. The lowest BCUT2D eigenvalue weighted by Gasteiger charge is -2.30. The third kappa shape index (κ3) is 4.07. The molecule has 3 rings (SSSR count). The topological polar surface area (TPSA) is 69.0 Å². The van der Waals surface area contributed by atoms with E-state index < -0.39 is 0 Å². The average Bonchev–Trinajstić information content (AvgIpc) is 3.10. The van der Waals surface area contributed by atoms with Gasteiger partial charge in [-0.05, 0) is 50.8 Å². The van der Waals surface area contributed by atoms with Crippen molar-refractivity contribution in [3.8, 4) is 0 Å². The molecular formula is C19H26N4O2. The Morgan fingerprint density at radius 2 is 2.24 bits per heavy atom. The minimum Gasteiger partial charge on any atom is -0.373 e. The van der Waals surface area contributed by atoms with Crippen LogP contribution >= 0.6 is 0 Å². The zero-order chi connectivity index (χ0) is 17.8. The molecule has 25 heavy (non-hydrogen) atoms. The molecule has 1 N–H and O–H groups in total. The summed E-state index contributed by atoms with van der Waals surface area (Å²) in [5.74, 6) is -0.143. The Bertz CT molecular complexity index is 741. The van der Waals surface area contributed by atoms with Crippen LogP contribution in [-0.2, 0) is 22.6 Å². The summed E-state index contributed by atoms with van der Waals surface area (Å²) in [6, 6.07) is 2.03. The number of hydrogen-bond donors (Lipinski definition) is 1. The van der Waals surface area contributed by atoms with Crippen LogP contribution in [0.5, 0.6) is 0 Å². The number of hydrogen-bond acceptors (Lipinski definition) is 4. The third-order valence-electron chi connectivity index (χ3n) is 4.77. The van der Waals surface area contributed by atoms with E-state index in [0.717, 1.165) is 41.8 Å². The van der Waals surface area contributed by atoms with E-state index in [9.17, 15) is 4.79 Å². The van der Waals surface area contributed by atoms with Gasteiger partial charge in [-0.15, -0.1) is 0 Å². The fraction of sp³-hybridized carbons (Fsp3) is 0.526. The van der Waals surface area contributed by atoms with Crippen molar-refractivity contribution in [1.82, 2.24) is 20.1 Å². The standard InChI is InChI=1S/C19H26N4O2/c1-4-23-12-16(11-22-23)18-17(6-5-7-25-18)19(24)21-10-15-9-20-14(3)8-13(15)2/h8-9,11-12,17-18H,4-7,10H2,1-3H3,(H,21,24)/t17-,18+/m1/s1. The van der Waals surface area contributed by atoms with Gasteiger partial charge in [-0.1, -0.05) is 0 Å². The quantitative estimate of drug-likeness (QED) is 0.907. The first-order chi connectivity index (χ1) is 12.1. The van der Waals surface area contributed by atoms with Crippen LogP contribution in [0.1, 0.15) is 48.3 Å². The molecule has 2 aromatic rings. The SMILES string of the molecule is CCn1cc([C@@H]2OCCC[C@H]2C(=O)NCc2cnc(C)cc2C)cn1. The number of amides is 1. The van der Waals surface area contributed by atoms with Gasteiger partial charge in [0.25, 0.3) is 0 Å². The molecule has 3 heterocycles. The summed E-state index contributed by atoms with van der Waals surface area (Å²) < 4.78 is 7.79. The van der Waals surface area contributed by atoms with Gasteiger partial charge < -0.3 is 10.1 Å². The normalized spacial score (nSPS) is 20.4. The van der Waals surface area contributed by atoms with Gasteiger partial charge in [-0.25, -0.2) is 0 Å². The van der Waals surface area contributed by atoms with E-state index in [4.69, 9.17) is 4.74 Å². The van der Waals surface area contributed by atoms with Gasteiger partial charge in [0.15, 0.2) is 0 Å². The van der Waals surface area contributed by atoms with Crippen molar-refractivity contribution in [2.24, 2.45) is 5.92 Å². The van der Waals surface area contributed by atoms with Crippen LogP contribution in [0.25, 0.3) is 0 Å². The highest BCUT2D eigenvalue weighted by atomic mass is 16.5. The lowest BCUT2D eigenvalue weighted by atomic mass is 9.90. The van der Waals surface area contributed by atoms with Crippen molar-refractivity contribution in [3.63, 3.8) is 0 Å². The molecule has 0 unspecified atom stereocenters. The maximum atomic E-state index is 12.8. The molecule has 0 aromatic carbocycles. The Hall–Kier alpha value is -2.21. The van der Waals surface area contributed by atoms with E-state index in [1.54, 1.807) is 0 Å². The van der Waals surface area contributed by atoms with E-state index >= 15 is 0 Å². The van der Waals surface area contributed by atoms with Crippen molar-refractivity contribution >= 4 is 5.91 Å².